The summed E-state index contributed by atoms with van der Waals surface area (Å²) < 4.78 is 1.82. The molecule has 4 rings (SSSR count). The van der Waals surface area contributed by atoms with Gasteiger partial charge in [0.15, 0.2) is 0 Å². The summed E-state index contributed by atoms with van der Waals surface area (Å²) in [4.78, 5) is 4.46. The first-order valence-corrected chi connectivity index (χ1v) is 8.04. The normalized spacial score (nSPS) is 23.8. The second kappa shape index (κ2) is 5.92. The van der Waals surface area contributed by atoms with Crippen LogP contribution in [0, 0.1) is 0 Å². The standard InChI is InChI=1S/C17H17ClN4O/c18-13-7-11-3-1-4-19-16(11)12(8-13)10-20-14-9-15(23)17(14)22-6-2-5-21-22/h1-8,14-15,17,20,23H,9-10H2/t14-,15+,17+/m0/s1. The Morgan fingerprint density at radius 2 is 2.22 bits per heavy atom. The number of aliphatic hydroxyl groups excluding tert-OH is 1. The van der Waals surface area contributed by atoms with Gasteiger partial charge >= 0.3 is 0 Å². The zero-order valence-corrected chi connectivity index (χ0v) is 13.2. The minimum absolute atomic E-state index is 0.0246. The summed E-state index contributed by atoms with van der Waals surface area (Å²) in [5.41, 5.74) is 2.02. The Morgan fingerprint density at radius 3 is 3.00 bits per heavy atom. The van der Waals surface area contributed by atoms with Crippen molar-refractivity contribution < 1.29 is 5.11 Å². The van der Waals surface area contributed by atoms with E-state index in [0.717, 1.165) is 22.9 Å². The smallest absolute Gasteiger partial charge is 0.0932 e. The van der Waals surface area contributed by atoms with Crippen molar-refractivity contribution in [2.24, 2.45) is 0 Å². The number of nitrogens with one attached hydrogen (secondary N) is 1. The number of nitrogens with zero attached hydrogens (tertiary/aromatic N) is 3. The van der Waals surface area contributed by atoms with Crippen LogP contribution in [0.15, 0.2) is 48.9 Å². The van der Waals surface area contributed by atoms with Crippen molar-refractivity contribution in [1.82, 2.24) is 20.1 Å². The van der Waals surface area contributed by atoms with E-state index in [4.69, 9.17) is 11.6 Å². The van der Waals surface area contributed by atoms with E-state index < -0.39 is 0 Å². The molecule has 118 valence electrons. The minimum Gasteiger partial charge on any atom is -0.391 e. The molecule has 3 atom stereocenters. The van der Waals surface area contributed by atoms with Crippen LogP contribution in [0.4, 0.5) is 0 Å². The molecule has 0 aliphatic heterocycles. The highest BCUT2D eigenvalue weighted by Gasteiger charge is 2.41. The van der Waals surface area contributed by atoms with Crippen LogP contribution in [0.5, 0.6) is 0 Å². The summed E-state index contributed by atoms with van der Waals surface area (Å²) in [5, 5.41) is 19.5. The zero-order valence-electron chi connectivity index (χ0n) is 12.4. The van der Waals surface area contributed by atoms with Crippen LogP contribution >= 0.6 is 11.6 Å². The summed E-state index contributed by atoms with van der Waals surface area (Å²) in [7, 11) is 0. The molecule has 23 heavy (non-hydrogen) atoms. The van der Waals surface area contributed by atoms with Gasteiger partial charge in [0.1, 0.15) is 0 Å². The number of fused-ring (bicyclic) bond motifs is 1. The average molecular weight is 329 g/mol. The third-order valence-electron chi connectivity index (χ3n) is 4.44. The van der Waals surface area contributed by atoms with Gasteiger partial charge in [0.2, 0.25) is 0 Å². The van der Waals surface area contributed by atoms with Gasteiger partial charge in [-0.1, -0.05) is 17.7 Å². The van der Waals surface area contributed by atoms with E-state index >= 15 is 0 Å². The molecule has 0 unspecified atom stereocenters. The molecule has 0 radical (unpaired) electrons. The topological polar surface area (TPSA) is 63.0 Å². The maximum absolute atomic E-state index is 10.0. The maximum atomic E-state index is 10.0. The molecule has 5 nitrogen and oxygen atoms in total. The number of hydrogen-bond donors (Lipinski definition) is 2. The Hall–Kier alpha value is -1.95. The summed E-state index contributed by atoms with van der Waals surface area (Å²) in [6.07, 6.45) is 5.77. The SMILES string of the molecule is O[C@@H]1C[C@H](NCc2cc(Cl)cc3cccnc23)[C@H]1n1cccn1. The molecule has 6 heteroatoms. The van der Waals surface area contributed by atoms with Gasteiger partial charge in [0, 0.05) is 41.6 Å². The molecule has 0 bridgehead atoms. The number of benzene rings is 1. The van der Waals surface area contributed by atoms with E-state index in [1.165, 1.54) is 0 Å². The van der Waals surface area contributed by atoms with Gasteiger partial charge in [-0.2, -0.15) is 5.10 Å². The molecule has 2 heterocycles. The van der Waals surface area contributed by atoms with Crippen molar-refractivity contribution in [3.63, 3.8) is 0 Å². The number of pyridine rings is 1. The van der Waals surface area contributed by atoms with Gasteiger partial charge in [-0.15, -0.1) is 0 Å². The summed E-state index contributed by atoms with van der Waals surface area (Å²) in [6, 6.07) is 9.82. The van der Waals surface area contributed by atoms with Crippen LogP contribution in [-0.4, -0.2) is 32.0 Å². The summed E-state index contributed by atoms with van der Waals surface area (Å²) in [6.45, 7) is 0.656. The van der Waals surface area contributed by atoms with Crippen molar-refractivity contribution in [1.29, 1.82) is 0 Å². The van der Waals surface area contributed by atoms with Crippen molar-refractivity contribution in [3.05, 3.63) is 59.5 Å². The van der Waals surface area contributed by atoms with Gasteiger partial charge in [-0.25, -0.2) is 0 Å². The quantitative estimate of drug-likeness (QED) is 0.772. The van der Waals surface area contributed by atoms with Crippen molar-refractivity contribution >= 4 is 22.5 Å². The first-order valence-electron chi connectivity index (χ1n) is 7.66. The molecule has 0 amide bonds. The van der Waals surface area contributed by atoms with Crippen molar-refractivity contribution in [2.75, 3.05) is 0 Å². The lowest BCUT2D eigenvalue weighted by Crippen LogP contribution is -2.54. The van der Waals surface area contributed by atoms with E-state index in [1.54, 1.807) is 12.4 Å². The van der Waals surface area contributed by atoms with E-state index in [0.29, 0.717) is 11.6 Å². The average Bonchev–Trinajstić information content (AvgIpc) is 3.04. The fourth-order valence-electron chi connectivity index (χ4n) is 3.24. The number of rotatable bonds is 4. The highest BCUT2D eigenvalue weighted by atomic mass is 35.5. The Kier molecular flexibility index (Phi) is 3.77. The molecule has 3 aromatic rings. The van der Waals surface area contributed by atoms with Gasteiger partial charge in [-0.05, 0) is 36.2 Å². The lowest BCUT2D eigenvalue weighted by Gasteiger charge is -2.42. The minimum atomic E-state index is -0.360. The predicted octanol–water partition coefficient (Wildman–Crippen LogP) is 2.55. The van der Waals surface area contributed by atoms with E-state index in [-0.39, 0.29) is 18.2 Å². The number of hydrogen-bond acceptors (Lipinski definition) is 4. The number of aliphatic hydroxyl groups is 1. The van der Waals surface area contributed by atoms with Crippen LogP contribution in [0.25, 0.3) is 10.9 Å². The zero-order chi connectivity index (χ0) is 15.8. The van der Waals surface area contributed by atoms with Crippen LogP contribution in [0.3, 0.4) is 0 Å². The second-order valence-electron chi connectivity index (χ2n) is 5.91. The molecule has 1 aromatic carbocycles. The molecule has 2 N–H and O–H groups in total. The molecular weight excluding hydrogens is 312 g/mol. The molecular formula is C17H17ClN4O. The molecule has 0 saturated heterocycles. The second-order valence-corrected chi connectivity index (χ2v) is 6.34. The number of halogens is 1. The first kappa shape index (κ1) is 14.6. The highest BCUT2D eigenvalue weighted by Crippen LogP contribution is 2.33. The van der Waals surface area contributed by atoms with E-state index in [2.05, 4.69) is 15.4 Å². The Bertz CT molecular complexity index is 821. The van der Waals surface area contributed by atoms with Gasteiger partial charge in [-0.3, -0.25) is 9.67 Å². The molecule has 1 saturated carbocycles. The molecule has 1 aliphatic carbocycles. The first-order chi connectivity index (χ1) is 11.2. The Morgan fingerprint density at radius 1 is 1.30 bits per heavy atom. The van der Waals surface area contributed by atoms with E-state index in [1.807, 2.05) is 41.2 Å². The summed E-state index contributed by atoms with van der Waals surface area (Å²) in [5.74, 6) is 0. The Balaban J connectivity index is 1.54. The third kappa shape index (κ3) is 2.72. The lowest BCUT2D eigenvalue weighted by molar-refractivity contribution is -0.00818. The number of aromatic nitrogens is 3. The van der Waals surface area contributed by atoms with E-state index in [9.17, 15) is 5.11 Å². The van der Waals surface area contributed by atoms with Gasteiger partial charge < -0.3 is 10.4 Å². The largest absolute Gasteiger partial charge is 0.391 e. The van der Waals surface area contributed by atoms with Crippen molar-refractivity contribution in [3.8, 4) is 0 Å². The maximum Gasteiger partial charge on any atom is 0.0932 e. The third-order valence-corrected chi connectivity index (χ3v) is 4.65. The Labute approximate surface area is 138 Å². The predicted molar refractivity (Wildman–Crippen MR) is 89.3 cm³/mol. The van der Waals surface area contributed by atoms with Gasteiger partial charge in [0.05, 0.1) is 17.7 Å². The van der Waals surface area contributed by atoms with Crippen molar-refractivity contribution in [2.45, 2.75) is 31.2 Å². The van der Waals surface area contributed by atoms with Crippen LogP contribution < -0.4 is 5.32 Å². The fourth-order valence-corrected chi connectivity index (χ4v) is 3.49. The molecule has 0 spiro atoms. The molecule has 2 aromatic heterocycles. The molecule has 1 fully saturated rings. The van der Waals surface area contributed by atoms with Gasteiger partial charge in [0.25, 0.3) is 0 Å². The summed E-state index contributed by atoms with van der Waals surface area (Å²) >= 11 is 6.21. The highest BCUT2D eigenvalue weighted by molar-refractivity contribution is 6.31. The van der Waals surface area contributed by atoms with Crippen LogP contribution in [-0.2, 0) is 6.54 Å². The monoisotopic (exact) mass is 328 g/mol. The fraction of sp³-hybridized carbons (Fsp3) is 0.294. The van der Waals surface area contributed by atoms with Crippen LogP contribution in [0.1, 0.15) is 18.0 Å². The molecule has 1 aliphatic rings. The van der Waals surface area contributed by atoms with Crippen LogP contribution in [0.2, 0.25) is 5.02 Å². The lowest BCUT2D eigenvalue weighted by atomic mass is 9.83.